The second-order valence-electron chi connectivity index (χ2n) is 10.3. The number of anilines is 2. The van der Waals surface area contributed by atoms with E-state index < -0.39 is 0 Å². The molecule has 1 aliphatic carbocycles. The largest absolute Gasteiger partial charge is 0.347 e. The first-order chi connectivity index (χ1) is 15.1. The van der Waals surface area contributed by atoms with E-state index in [0.29, 0.717) is 0 Å². The van der Waals surface area contributed by atoms with Gasteiger partial charge in [-0.1, -0.05) is 76.3 Å². The minimum atomic E-state index is -0.296. The monoisotopic (exact) mass is 442 g/mol. The van der Waals surface area contributed by atoms with Crippen LogP contribution in [0, 0.1) is 11.8 Å². The fourth-order valence-corrected chi connectivity index (χ4v) is 6.19. The molecular weight excluding hydrogens is 412 g/mol. The normalized spacial score (nSPS) is 27.7. The van der Waals surface area contributed by atoms with Gasteiger partial charge in [0.1, 0.15) is 0 Å². The lowest BCUT2D eigenvalue weighted by Crippen LogP contribution is -2.46. The van der Waals surface area contributed by atoms with E-state index >= 15 is 0 Å². The fourth-order valence-electron chi connectivity index (χ4n) is 5.82. The third kappa shape index (κ3) is 2.72. The van der Waals surface area contributed by atoms with E-state index in [0.717, 1.165) is 16.3 Å². The van der Waals surface area contributed by atoms with Gasteiger partial charge in [0.2, 0.25) is 0 Å². The molecule has 3 nitrogen and oxygen atoms in total. The molecule has 2 atom stereocenters. The third-order valence-electron chi connectivity index (χ3n) is 7.76. The molecule has 1 fully saturated rings. The highest BCUT2D eigenvalue weighted by Gasteiger charge is 2.48. The Bertz CT molecular complexity index is 1110. The molecule has 2 aromatic carbocycles. The van der Waals surface area contributed by atoms with E-state index in [1.807, 2.05) is 0 Å². The summed E-state index contributed by atoms with van der Waals surface area (Å²) < 4.78 is 0. The minimum absolute atomic E-state index is 0.153. The number of thiocarbonyl (C=S) groups is 1. The molecule has 1 saturated carbocycles. The van der Waals surface area contributed by atoms with Crippen LogP contribution in [-0.4, -0.2) is 24.7 Å². The van der Waals surface area contributed by atoms with Crippen LogP contribution in [0.1, 0.15) is 38.8 Å². The zero-order valence-corrected chi connectivity index (χ0v) is 20.5. The van der Waals surface area contributed by atoms with Gasteiger partial charge in [0.05, 0.1) is 11.8 Å². The second-order valence-corrected chi connectivity index (χ2v) is 10.7. The number of nitrogens with zero attached hydrogens (tertiary/aromatic N) is 2. The average Bonchev–Trinajstić information content (AvgIpc) is 3.09. The summed E-state index contributed by atoms with van der Waals surface area (Å²) in [6.07, 6.45) is 4.22. The van der Waals surface area contributed by atoms with Crippen molar-refractivity contribution in [2.45, 2.75) is 38.5 Å². The van der Waals surface area contributed by atoms with Crippen molar-refractivity contribution in [2.24, 2.45) is 11.8 Å². The van der Waals surface area contributed by atoms with Crippen molar-refractivity contribution in [2.75, 3.05) is 23.9 Å². The van der Waals surface area contributed by atoms with Gasteiger partial charge in [-0.2, -0.15) is 0 Å². The predicted molar refractivity (Wildman–Crippen MR) is 136 cm³/mol. The smallest absolute Gasteiger partial charge is 0.156 e. The van der Waals surface area contributed by atoms with Gasteiger partial charge in [-0.05, 0) is 35.4 Å². The molecule has 0 radical (unpaired) electrons. The molecular formula is C28H30N2OS. The number of Topliss-reactive ketones (excluding diaryl/α,β-unsaturated/α-hetero) is 1. The Kier molecular flexibility index (Phi) is 4.55. The van der Waals surface area contributed by atoms with E-state index in [1.54, 1.807) is 0 Å². The van der Waals surface area contributed by atoms with Crippen molar-refractivity contribution in [1.29, 1.82) is 0 Å². The third-order valence-corrected chi connectivity index (χ3v) is 8.26. The summed E-state index contributed by atoms with van der Waals surface area (Å²) in [5.74, 6) is -0.388. The van der Waals surface area contributed by atoms with Crippen molar-refractivity contribution in [3.8, 4) is 0 Å². The number of allylic oxidation sites excluding steroid dienone is 4. The van der Waals surface area contributed by atoms with Gasteiger partial charge in [-0.25, -0.2) is 0 Å². The molecule has 0 bridgehead atoms. The molecule has 2 heterocycles. The number of ketones is 1. The number of likely N-dealkylation sites (N-methyl/N-ethyl adjacent to an activating group) is 2. The Morgan fingerprint density at radius 1 is 0.750 bits per heavy atom. The van der Waals surface area contributed by atoms with Gasteiger partial charge in [0.25, 0.3) is 0 Å². The summed E-state index contributed by atoms with van der Waals surface area (Å²) in [5, 5.41) is 0. The van der Waals surface area contributed by atoms with Crippen LogP contribution in [0.5, 0.6) is 0 Å². The number of hydrogen-bond acceptors (Lipinski definition) is 4. The predicted octanol–water partition coefficient (Wildman–Crippen LogP) is 5.79. The summed E-state index contributed by atoms with van der Waals surface area (Å²) >= 11 is 5.83. The number of rotatable bonds is 2. The summed E-state index contributed by atoms with van der Waals surface area (Å²) in [4.78, 5) is 18.6. The molecule has 2 aliphatic heterocycles. The maximum Gasteiger partial charge on any atom is 0.156 e. The number of fused-ring (bicyclic) bond motifs is 2. The topological polar surface area (TPSA) is 23.6 Å². The van der Waals surface area contributed by atoms with Crippen LogP contribution in [0.15, 0.2) is 72.1 Å². The molecule has 164 valence electrons. The van der Waals surface area contributed by atoms with Crippen LogP contribution >= 0.6 is 12.2 Å². The first kappa shape index (κ1) is 21.1. The minimum Gasteiger partial charge on any atom is -0.347 e. The van der Waals surface area contributed by atoms with Crippen LogP contribution < -0.4 is 9.80 Å². The highest BCUT2D eigenvalue weighted by Crippen LogP contribution is 2.50. The maximum absolute atomic E-state index is 13.3. The van der Waals surface area contributed by atoms with Gasteiger partial charge in [0, 0.05) is 52.6 Å². The molecule has 0 aromatic heterocycles. The van der Waals surface area contributed by atoms with E-state index in [2.05, 4.69) is 112 Å². The summed E-state index contributed by atoms with van der Waals surface area (Å²) in [6.45, 7) is 8.89. The Hall–Kier alpha value is -2.72. The van der Waals surface area contributed by atoms with Gasteiger partial charge in [-0.15, -0.1) is 0 Å². The Labute approximate surface area is 196 Å². The molecule has 3 aliphatic rings. The number of carbonyl (C=O) groups excluding carboxylic acids is 1. The zero-order chi connectivity index (χ0) is 23.0. The van der Waals surface area contributed by atoms with Crippen LogP contribution in [0.25, 0.3) is 0 Å². The highest BCUT2D eigenvalue weighted by molar-refractivity contribution is 7.80. The quantitative estimate of drug-likeness (QED) is 0.549. The molecule has 0 amide bonds. The van der Waals surface area contributed by atoms with Crippen molar-refractivity contribution in [1.82, 2.24) is 0 Å². The van der Waals surface area contributed by atoms with E-state index in [4.69, 9.17) is 12.2 Å². The first-order valence-electron chi connectivity index (χ1n) is 11.3. The number of hydrogen-bond donors (Lipinski definition) is 0. The average molecular weight is 443 g/mol. The second kappa shape index (κ2) is 6.89. The van der Waals surface area contributed by atoms with Crippen molar-refractivity contribution in [3.05, 3.63) is 83.2 Å². The van der Waals surface area contributed by atoms with Crippen molar-refractivity contribution >= 4 is 34.2 Å². The van der Waals surface area contributed by atoms with Gasteiger partial charge < -0.3 is 9.80 Å². The zero-order valence-electron chi connectivity index (χ0n) is 19.6. The SMILES string of the molecule is CN1/C(=C\C2C(=O)C(/C=C3\N(C)c4ccccc4C3(C)C)C2=S)C(C)(C)c2ccccc21. The standard InChI is InChI=1S/C28H30N2OS/c1-27(2)19-11-7-9-13-21(19)29(5)23(27)15-17-25(31)18(26(17)32)16-24-28(3,4)20-12-8-10-14-22(20)30(24)6/h7-18H,1-6H3/b23-15-,24-16-. The van der Waals surface area contributed by atoms with Crippen molar-refractivity contribution in [3.63, 3.8) is 0 Å². The maximum atomic E-state index is 13.3. The van der Waals surface area contributed by atoms with Crippen LogP contribution in [-0.2, 0) is 15.6 Å². The molecule has 2 aromatic rings. The summed E-state index contributed by atoms with van der Waals surface area (Å²) in [5.41, 5.74) is 6.97. The molecule has 32 heavy (non-hydrogen) atoms. The lowest BCUT2D eigenvalue weighted by Gasteiger charge is -2.36. The van der Waals surface area contributed by atoms with Gasteiger partial charge in [0.15, 0.2) is 5.78 Å². The molecule has 2 unspecified atom stereocenters. The Morgan fingerprint density at radius 3 is 1.47 bits per heavy atom. The first-order valence-corrected chi connectivity index (χ1v) is 11.7. The van der Waals surface area contributed by atoms with Crippen LogP contribution in [0.2, 0.25) is 0 Å². The van der Waals surface area contributed by atoms with Crippen LogP contribution in [0.4, 0.5) is 11.4 Å². The lowest BCUT2D eigenvalue weighted by molar-refractivity contribution is -0.123. The van der Waals surface area contributed by atoms with E-state index in [9.17, 15) is 4.79 Å². The van der Waals surface area contributed by atoms with Gasteiger partial charge in [-0.3, -0.25) is 4.79 Å². The summed E-state index contributed by atoms with van der Waals surface area (Å²) in [6, 6.07) is 16.9. The molecule has 0 saturated heterocycles. The molecule has 4 heteroatoms. The van der Waals surface area contributed by atoms with E-state index in [-0.39, 0.29) is 28.4 Å². The molecule has 0 spiro atoms. The fraction of sp³-hybridized carbons (Fsp3) is 0.357. The molecule has 5 rings (SSSR count). The highest BCUT2D eigenvalue weighted by atomic mass is 32.1. The van der Waals surface area contributed by atoms with Gasteiger partial charge >= 0.3 is 0 Å². The van der Waals surface area contributed by atoms with Crippen molar-refractivity contribution < 1.29 is 4.79 Å². The lowest BCUT2D eigenvalue weighted by atomic mass is 9.69. The molecule has 0 N–H and O–H groups in total. The van der Waals surface area contributed by atoms with Crippen LogP contribution in [0.3, 0.4) is 0 Å². The number of carbonyl (C=O) groups is 1. The Balaban J connectivity index is 1.45. The van der Waals surface area contributed by atoms with E-state index in [1.165, 1.54) is 22.5 Å². The summed E-state index contributed by atoms with van der Waals surface area (Å²) in [7, 11) is 4.16. The Morgan fingerprint density at radius 2 is 1.12 bits per heavy atom. The number of benzene rings is 2. The number of para-hydroxylation sites is 2.